The van der Waals surface area contributed by atoms with Crippen LogP contribution in [0.1, 0.15) is 50.7 Å². The van der Waals surface area contributed by atoms with Crippen LogP contribution < -0.4 is 9.80 Å². The molecule has 2 heterocycles. The largest absolute Gasteiger partial charge is 0.441 e. The maximum absolute atomic E-state index is 12.3. The highest BCUT2D eigenvalue weighted by atomic mass is 16.6. The molecule has 8 heteroatoms. The van der Waals surface area contributed by atoms with Crippen molar-refractivity contribution in [3.63, 3.8) is 0 Å². The van der Waals surface area contributed by atoms with E-state index in [0.29, 0.717) is 39.5 Å². The van der Waals surface area contributed by atoms with E-state index in [9.17, 15) is 9.59 Å². The predicted octanol–water partition coefficient (Wildman–Crippen LogP) is 5.56. The van der Waals surface area contributed by atoms with Gasteiger partial charge in [-0.15, -0.1) is 0 Å². The van der Waals surface area contributed by atoms with Gasteiger partial charge in [0.1, 0.15) is 12.2 Å². The van der Waals surface area contributed by atoms with E-state index in [1.54, 1.807) is 9.80 Å². The number of anilines is 2. The fourth-order valence-corrected chi connectivity index (χ4v) is 4.38. The third kappa shape index (κ3) is 7.46. The third-order valence-electron chi connectivity index (χ3n) is 6.54. The minimum absolute atomic E-state index is 0.237. The molecule has 8 nitrogen and oxygen atoms in total. The average Bonchev–Trinajstić information content (AvgIpc) is 3.47. The van der Waals surface area contributed by atoms with Crippen LogP contribution in [0.4, 0.5) is 21.0 Å². The minimum atomic E-state index is -0.331. The lowest BCUT2D eigenvalue weighted by molar-refractivity contribution is 0.0447. The molecule has 0 radical (unpaired) electrons. The molecule has 2 saturated heterocycles. The second kappa shape index (κ2) is 13.4. The maximum atomic E-state index is 12.3. The van der Waals surface area contributed by atoms with E-state index in [0.717, 1.165) is 54.6 Å². The molecule has 2 amide bonds. The van der Waals surface area contributed by atoms with Gasteiger partial charge in [-0.3, -0.25) is 9.80 Å². The highest BCUT2D eigenvalue weighted by molar-refractivity contribution is 5.90. The molecule has 2 aliphatic rings. The van der Waals surface area contributed by atoms with E-state index in [1.807, 2.05) is 48.5 Å². The first-order chi connectivity index (χ1) is 18.1. The maximum Gasteiger partial charge on any atom is 0.414 e. The number of hydrogen-bond acceptors (Lipinski definition) is 6. The van der Waals surface area contributed by atoms with Crippen molar-refractivity contribution in [2.45, 2.75) is 58.2 Å². The fraction of sp³-hybridized carbons (Fsp3) is 0.517. The highest BCUT2D eigenvalue weighted by Gasteiger charge is 2.33. The number of carbonyl (C=O) groups excluding carboxylic acids is 2. The standard InChI is InChI=1S/C29H38N2O6/c1-3-5-15-34-20-26-18-30(28(32)36-26)24-11-7-22(8-12-24)17-23-9-13-25(14-10-23)31-19-27(37-29(31)33)21-35-16-6-4-2/h7-14,26-27H,3-6,15-21H2,1-2H3. The first kappa shape index (κ1) is 26.9. The smallest absolute Gasteiger partial charge is 0.414 e. The van der Waals surface area contributed by atoms with Gasteiger partial charge in [-0.25, -0.2) is 9.59 Å². The van der Waals surface area contributed by atoms with Crippen LogP contribution in [0.25, 0.3) is 0 Å². The molecule has 0 aliphatic carbocycles. The monoisotopic (exact) mass is 510 g/mol. The van der Waals surface area contributed by atoms with Crippen molar-refractivity contribution in [2.75, 3.05) is 49.3 Å². The van der Waals surface area contributed by atoms with Crippen LogP contribution in [0.15, 0.2) is 48.5 Å². The SMILES string of the molecule is CCCCOCC1CN(c2ccc(Cc3ccc(N4CC(COCCCC)OC4=O)cc3)cc2)C(=O)O1. The Bertz CT molecular complexity index is 929. The summed E-state index contributed by atoms with van der Waals surface area (Å²) in [6.07, 6.45) is 3.79. The Morgan fingerprint density at radius 2 is 1.11 bits per heavy atom. The summed E-state index contributed by atoms with van der Waals surface area (Å²) < 4.78 is 22.1. The molecule has 2 aromatic carbocycles. The lowest BCUT2D eigenvalue weighted by Gasteiger charge is -2.15. The van der Waals surface area contributed by atoms with Crippen molar-refractivity contribution in [2.24, 2.45) is 0 Å². The lowest BCUT2D eigenvalue weighted by Crippen LogP contribution is -2.26. The van der Waals surface area contributed by atoms with E-state index < -0.39 is 0 Å². The summed E-state index contributed by atoms with van der Waals surface area (Å²) in [6, 6.07) is 15.9. The van der Waals surface area contributed by atoms with Gasteiger partial charge in [0.15, 0.2) is 0 Å². The van der Waals surface area contributed by atoms with Crippen molar-refractivity contribution in [1.29, 1.82) is 0 Å². The van der Waals surface area contributed by atoms with Crippen molar-refractivity contribution >= 4 is 23.6 Å². The number of benzene rings is 2. The molecule has 2 atom stereocenters. The van der Waals surface area contributed by atoms with Gasteiger partial charge in [0.2, 0.25) is 0 Å². The Kier molecular flexibility index (Phi) is 9.79. The molecule has 4 rings (SSSR count). The van der Waals surface area contributed by atoms with E-state index in [2.05, 4.69) is 13.8 Å². The van der Waals surface area contributed by atoms with Crippen LogP contribution in [0.2, 0.25) is 0 Å². The van der Waals surface area contributed by atoms with E-state index in [1.165, 1.54) is 0 Å². The molecule has 200 valence electrons. The quantitative estimate of drug-likeness (QED) is 0.310. The molecule has 0 N–H and O–H groups in total. The first-order valence-corrected chi connectivity index (χ1v) is 13.4. The molecular formula is C29H38N2O6. The Morgan fingerprint density at radius 1 is 0.703 bits per heavy atom. The molecule has 0 spiro atoms. The molecule has 2 unspecified atom stereocenters. The summed E-state index contributed by atoms with van der Waals surface area (Å²) in [5, 5.41) is 0. The number of ether oxygens (including phenoxy) is 4. The second-order valence-corrected chi connectivity index (χ2v) is 9.60. The highest BCUT2D eigenvalue weighted by Crippen LogP contribution is 2.25. The first-order valence-electron chi connectivity index (χ1n) is 13.4. The number of amides is 2. The predicted molar refractivity (Wildman–Crippen MR) is 142 cm³/mol. The number of rotatable bonds is 14. The van der Waals surface area contributed by atoms with Gasteiger partial charge < -0.3 is 18.9 Å². The summed E-state index contributed by atoms with van der Waals surface area (Å²) in [5.41, 5.74) is 3.91. The Morgan fingerprint density at radius 3 is 1.49 bits per heavy atom. The van der Waals surface area contributed by atoms with Crippen molar-refractivity contribution < 1.29 is 28.5 Å². The Balaban J connectivity index is 1.27. The zero-order valence-electron chi connectivity index (χ0n) is 21.9. The van der Waals surface area contributed by atoms with E-state index in [-0.39, 0.29) is 24.4 Å². The zero-order valence-corrected chi connectivity index (χ0v) is 21.9. The number of nitrogens with zero attached hydrogens (tertiary/aromatic N) is 2. The van der Waals surface area contributed by atoms with Crippen LogP contribution in [0, 0.1) is 0 Å². The zero-order chi connectivity index (χ0) is 26.0. The summed E-state index contributed by atoms with van der Waals surface area (Å²) in [5.74, 6) is 0. The topological polar surface area (TPSA) is 77.5 Å². The molecule has 2 aromatic rings. The number of unbranched alkanes of at least 4 members (excludes halogenated alkanes) is 2. The van der Waals surface area contributed by atoms with Gasteiger partial charge in [-0.05, 0) is 54.7 Å². The Hall–Kier alpha value is -3.10. The summed E-state index contributed by atoms with van der Waals surface area (Å²) >= 11 is 0. The summed E-state index contributed by atoms with van der Waals surface area (Å²) in [6.45, 7) is 7.47. The third-order valence-corrected chi connectivity index (χ3v) is 6.54. The van der Waals surface area contributed by atoms with Crippen molar-refractivity contribution in [1.82, 2.24) is 0 Å². The summed E-state index contributed by atoms with van der Waals surface area (Å²) in [4.78, 5) is 27.9. The fourth-order valence-electron chi connectivity index (χ4n) is 4.38. The van der Waals surface area contributed by atoms with Gasteiger partial charge in [0, 0.05) is 24.6 Å². The van der Waals surface area contributed by atoms with Crippen molar-refractivity contribution in [3.05, 3.63) is 59.7 Å². The van der Waals surface area contributed by atoms with Crippen molar-refractivity contribution in [3.8, 4) is 0 Å². The number of cyclic esters (lactones) is 2. The molecule has 37 heavy (non-hydrogen) atoms. The van der Waals surface area contributed by atoms with Crippen LogP contribution in [0.3, 0.4) is 0 Å². The second-order valence-electron chi connectivity index (χ2n) is 9.60. The molecule has 2 aliphatic heterocycles. The normalized spacial score (nSPS) is 19.4. The number of hydrogen-bond donors (Lipinski definition) is 0. The van der Waals surface area contributed by atoms with Gasteiger partial charge in [-0.2, -0.15) is 0 Å². The van der Waals surface area contributed by atoms with Crippen LogP contribution in [0.5, 0.6) is 0 Å². The van der Waals surface area contributed by atoms with Gasteiger partial charge >= 0.3 is 12.2 Å². The van der Waals surface area contributed by atoms with E-state index >= 15 is 0 Å². The average molecular weight is 511 g/mol. The van der Waals surface area contributed by atoms with Gasteiger partial charge in [0.25, 0.3) is 0 Å². The molecule has 0 aromatic heterocycles. The van der Waals surface area contributed by atoms with Crippen LogP contribution in [-0.4, -0.2) is 63.9 Å². The van der Waals surface area contributed by atoms with Crippen LogP contribution in [-0.2, 0) is 25.4 Å². The molecule has 0 bridgehead atoms. The van der Waals surface area contributed by atoms with E-state index in [4.69, 9.17) is 18.9 Å². The minimum Gasteiger partial charge on any atom is -0.441 e. The Labute approximate surface area is 219 Å². The summed E-state index contributed by atoms with van der Waals surface area (Å²) in [7, 11) is 0. The molecule has 2 fully saturated rings. The van der Waals surface area contributed by atoms with Gasteiger partial charge in [0.05, 0.1) is 26.3 Å². The number of carbonyl (C=O) groups is 2. The van der Waals surface area contributed by atoms with Crippen LogP contribution >= 0.6 is 0 Å². The van der Waals surface area contributed by atoms with Gasteiger partial charge in [-0.1, -0.05) is 51.0 Å². The lowest BCUT2D eigenvalue weighted by atomic mass is 10.0. The molecule has 0 saturated carbocycles. The molecular weight excluding hydrogens is 472 g/mol.